The number of carbonyl (C=O) groups is 2. The van der Waals surface area contributed by atoms with Gasteiger partial charge in [-0.2, -0.15) is 0 Å². The molecule has 1 aromatic rings. The topological polar surface area (TPSA) is 95.7 Å². The first-order valence-corrected chi connectivity index (χ1v) is 12.4. The van der Waals surface area contributed by atoms with Gasteiger partial charge in [-0.25, -0.2) is 13.2 Å². The fourth-order valence-corrected chi connectivity index (χ4v) is 5.99. The lowest BCUT2D eigenvalue weighted by atomic mass is 9.82. The molecule has 0 radical (unpaired) electrons. The molecular formula is C25H34F3N3O3. The van der Waals surface area contributed by atoms with E-state index in [1.54, 1.807) is 0 Å². The van der Waals surface area contributed by atoms with E-state index in [0.29, 0.717) is 31.7 Å². The van der Waals surface area contributed by atoms with Crippen molar-refractivity contribution in [3.8, 4) is 0 Å². The van der Waals surface area contributed by atoms with Crippen LogP contribution in [0.5, 0.6) is 0 Å². The highest BCUT2D eigenvalue weighted by atomic mass is 19.2. The van der Waals surface area contributed by atoms with Gasteiger partial charge < -0.3 is 21.1 Å². The molecule has 34 heavy (non-hydrogen) atoms. The Kier molecular flexibility index (Phi) is 7.82. The molecule has 6 nitrogen and oxygen atoms in total. The molecule has 2 heterocycles. The summed E-state index contributed by atoms with van der Waals surface area (Å²) in [5.74, 6) is -3.21. The highest BCUT2D eigenvalue weighted by Crippen LogP contribution is 2.40. The number of nitrogens with zero attached hydrogens (tertiary/aromatic N) is 1. The molecule has 4 rings (SSSR count). The molecule has 1 aliphatic carbocycles. The number of carbonyl (C=O) groups excluding carboxylic acids is 2. The van der Waals surface area contributed by atoms with E-state index in [0.717, 1.165) is 31.7 Å². The van der Waals surface area contributed by atoms with E-state index >= 15 is 0 Å². The molecule has 0 spiro atoms. The van der Waals surface area contributed by atoms with Gasteiger partial charge >= 0.3 is 0 Å². The van der Waals surface area contributed by atoms with E-state index in [4.69, 9.17) is 5.73 Å². The summed E-state index contributed by atoms with van der Waals surface area (Å²) in [6, 6.07) is 1.16. The minimum Gasteiger partial charge on any atom is -0.393 e. The van der Waals surface area contributed by atoms with Crippen LogP contribution in [0.25, 0.3) is 0 Å². The van der Waals surface area contributed by atoms with E-state index in [1.165, 1.54) is 0 Å². The summed E-state index contributed by atoms with van der Waals surface area (Å²) in [5.41, 5.74) is 6.42. The third-order valence-corrected chi connectivity index (χ3v) is 7.84. The molecule has 2 bridgehead atoms. The average Bonchev–Trinajstić information content (AvgIpc) is 3.06. The lowest BCUT2D eigenvalue weighted by Gasteiger charge is -2.41. The van der Waals surface area contributed by atoms with Crippen molar-refractivity contribution in [3.63, 3.8) is 0 Å². The van der Waals surface area contributed by atoms with Crippen LogP contribution in [0.1, 0.15) is 69.8 Å². The van der Waals surface area contributed by atoms with Crippen LogP contribution in [-0.2, 0) is 16.0 Å². The van der Waals surface area contributed by atoms with Gasteiger partial charge in [-0.3, -0.25) is 9.59 Å². The number of piperidine rings is 1. The predicted molar refractivity (Wildman–Crippen MR) is 120 cm³/mol. The monoisotopic (exact) mass is 481 g/mol. The molecule has 3 fully saturated rings. The number of aliphatic hydroxyl groups is 1. The second kappa shape index (κ2) is 10.6. The molecule has 2 saturated heterocycles. The van der Waals surface area contributed by atoms with Crippen LogP contribution in [-0.4, -0.2) is 52.1 Å². The Balaban J connectivity index is 1.26. The second-order valence-electron chi connectivity index (χ2n) is 10.2. The van der Waals surface area contributed by atoms with E-state index < -0.39 is 23.5 Å². The van der Waals surface area contributed by atoms with Crippen LogP contribution in [0.3, 0.4) is 0 Å². The number of nitrogens with two attached hydrogens (primary N) is 1. The molecule has 3 aliphatic rings. The van der Waals surface area contributed by atoms with Gasteiger partial charge in [0.25, 0.3) is 0 Å². The number of nitrogens with one attached hydrogen (secondary N) is 1. The van der Waals surface area contributed by atoms with Crippen molar-refractivity contribution < 1.29 is 27.9 Å². The van der Waals surface area contributed by atoms with Crippen LogP contribution in [0.4, 0.5) is 13.2 Å². The Morgan fingerprint density at radius 3 is 2.24 bits per heavy atom. The van der Waals surface area contributed by atoms with E-state index in [1.807, 2.05) is 4.90 Å². The van der Waals surface area contributed by atoms with Crippen molar-refractivity contribution in [2.45, 2.75) is 101 Å². The lowest BCUT2D eigenvalue weighted by molar-refractivity contribution is -0.138. The molecule has 9 heteroatoms. The highest BCUT2D eigenvalue weighted by molar-refractivity contribution is 5.84. The van der Waals surface area contributed by atoms with E-state index in [2.05, 4.69) is 5.32 Å². The first-order chi connectivity index (χ1) is 16.2. The number of hydrogen-bond acceptors (Lipinski definition) is 4. The van der Waals surface area contributed by atoms with Gasteiger partial charge in [-0.15, -0.1) is 0 Å². The van der Waals surface area contributed by atoms with Crippen molar-refractivity contribution in [1.82, 2.24) is 10.2 Å². The second-order valence-corrected chi connectivity index (χ2v) is 10.2. The molecule has 4 atom stereocenters. The zero-order valence-electron chi connectivity index (χ0n) is 19.3. The van der Waals surface area contributed by atoms with Crippen molar-refractivity contribution >= 4 is 11.8 Å². The zero-order valence-corrected chi connectivity index (χ0v) is 19.3. The quantitative estimate of drug-likeness (QED) is 0.522. The van der Waals surface area contributed by atoms with Crippen LogP contribution >= 0.6 is 0 Å². The molecule has 2 amide bonds. The minimum absolute atomic E-state index is 0.0274. The largest absolute Gasteiger partial charge is 0.393 e. The van der Waals surface area contributed by atoms with Gasteiger partial charge in [-0.1, -0.05) is 0 Å². The third kappa shape index (κ3) is 5.74. The summed E-state index contributed by atoms with van der Waals surface area (Å²) in [4.78, 5) is 27.1. The number of amides is 2. The maximum absolute atomic E-state index is 14.0. The van der Waals surface area contributed by atoms with E-state index in [9.17, 15) is 27.9 Å². The fourth-order valence-electron chi connectivity index (χ4n) is 5.99. The van der Waals surface area contributed by atoms with Crippen molar-refractivity contribution in [2.75, 3.05) is 0 Å². The van der Waals surface area contributed by atoms with Crippen molar-refractivity contribution in [1.29, 1.82) is 0 Å². The summed E-state index contributed by atoms with van der Waals surface area (Å²) >= 11 is 0. The van der Waals surface area contributed by atoms with Gasteiger partial charge in [0.15, 0.2) is 11.6 Å². The maximum atomic E-state index is 14.0. The average molecular weight is 482 g/mol. The molecule has 1 unspecified atom stereocenters. The summed E-state index contributed by atoms with van der Waals surface area (Å²) in [7, 11) is 0. The van der Waals surface area contributed by atoms with Gasteiger partial charge in [-0.05, 0) is 75.3 Å². The highest BCUT2D eigenvalue weighted by Gasteiger charge is 2.44. The number of aliphatic hydroxyl groups excluding tert-OH is 1. The first-order valence-electron chi connectivity index (χ1n) is 12.4. The Hall–Kier alpha value is -2.13. The number of hydrogen-bond donors (Lipinski definition) is 3. The summed E-state index contributed by atoms with van der Waals surface area (Å²) in [6.45, 7) is 0. The number of fused-ring (bicyclic) bond motifs is 2. The fraction of sp³-hybridized carbons (Fsp3) is 0.680. The van der Waals surface area contributed by atoms with Crippen LogP contribution in [0.15, 0.2) is 12.1 Å². The minimum atomic E-state index is -1.22. The molecular weight excluding hydrogens is 447 g/mol. The lowest BCUT2D eigenvalue weighted by Crippen LogP contribution is -2.50. The van der Waals surface area contributed by atoms with Gasteiger partial charge in [0.05, 0.1) is 6.10 Å². The van der Waals surface area contributed by atoms with Gasteiger partial charge in [0.1, 0.15) is 5.82 Å². The van der Waals surface area contributed by atoms with Crippen LogP contribution < -0.4 is 11.1 Å². The first kappa shape index (κ1) is 25.0. The summed E-state index contributed by atoms with van der Waals surface area (Å²) < 4.78 is 40.8. The van der Waals surface area contributed by atoms with Crippen LogP contribution in [0, 0.1) is 23.4 Å². The van der Waals surface area contributed by atoms with Crippen LogP contribution in [0.2, 0.25) is 0 Å². The van der Waals surface area contributed by atoms with E-state index in [-0.39, 0.29) is 66.8 Å². The molecule has 2 aliphatic heterocycles. The zero-order chi connectivity index (χ0) is 24.4. The third-order valence-electron chi connectivity index (χ3n) is 7.84. The summed E-state index contributed by atoms with van der Waals surface area (Å²) in [6.07, 6.45) is 6.14. The normalized spacial score (nSPS) is 29.7. The Labute approximate surface area is 198 Å². The number of benzene rings is 1. The number of rotatable bonds is 7. The molecule has 0 aromatic heterocycles. The standard InChI is InChI=1S/C25H34F3N3O3/c26-20-13-22(28)21(27)11-14(20)12-23(29)15-9-17-3-4-18(10-15)31(17)25(34)8-7-24(33)30-16-1-5-19(32)6-2-16/h11,13,15-19,23,32H,1-10,12,29H2,(H,30,33)/t15?,16?,17-,18+,19?,23-/m1/s1. The predicted octanol–water partition coefficient (Wildman–Crippen LogP) is 2.94. The smallest absolute Gasteiger partial charge is 0.223 e. The maximum Gasteiger partial charge on any atom is 0.223 e. The summed E-state index contributed by atoms with van der Waals surface area (Å²) in [5, 5.41) is 12.6. The Morgan fingerprint density at radius 1 is 0.971 bits per heavy atom. The number of halogens is 3. The molecule has 1 aromatic carbocycles. The molecule has 4 N–H and O–H groups in total. The Bertz CT molecular complexity index is 893. The molecule has 1 saturated carbocycles. The van der Waals surface area contributed by atoms with Gasteiger partial charge in [0.2, 0.25) is 11.8 Å². The van der Waals surface area contributed by atoms with Gasteiger partial charge in [0, 0.05) is 43.1 Å². The van der Waals surface area contributed by atoms with Crippen molar-refractivity contribution in [3.05, 3.63) is 35.1 Å². The SMILES string of the molecule is N[C@H](Cc1cc(F)c(F)cc1F)C1C[C@H]2CC[C@@H](C1)N2C(=O)CCC(=O)NC1CCC(O)CC1. The Morgan fingerprint density at radius 2 is 1.59 bits per heavy atom. The molecule has 188 valence electrons. The van der Waals surface area contributed by atoms with Crippen molar-refractivity contribution in [2.24, 2.45) is 11.7 Å².